The lowest BCUT2D eigenvalue weighted by molar-refractivity contribution is 0.0742. The lowest BCUT2D eigenvalue weighted by atomic mass is 9.83. The molecule has 0 aliphatic heterocycles. The minimum Gasteiger partial charge on any atom is -0.392 e. The maximum atomic E-state index is 10.3. The van der Waals surface area contributed by atoms with E-state index in [9.17, 15) is 5.11 Å². The molecule has 1 N–H and O–H groups in total. The molecule has 0 amide bonds. The Morgan fingerprint density at radius 1 is 1.50 bits per heavy atom. The molecule has 4 unspecified atom stereocenters. The van der Waals surface area contributed by atoms with Gasteiger partial charge in [-0.3, -0.25) is 4.68 Å². The molecule has 2 bridgehead atoms. The van der Waals surface area contributed by atoms with Gasteiger partial charge in [0, 0.05) is 19.7 Å². The van der Waals surface area contributed by atoms with Crippen LogP contribution in [0.3, 0.4) is 0 Å². The van der Waals surface area contributed by atoms with Gasteiger partial charge >= 0.3 is 0 Å². The molecule has 2 aliphatic carbocycles. The Morgan fingerprint density at radius 2 is 2.38 bits per heavy atom. The first kappa shape index (κ1) is 10.3. The zero-order chi connectivity index (χ0) is 11.1. The second kappa shape index (κ2) is 3.84. The maximum Gasteiger partial charge on any atom is 0.0852 e. The van der Waals surface area contributed by atoms with Crippen LogP contribution in [0.15, 0.2) is 6.20 Å². The Hall–Kier alpha value is -0.900. The third-order valence-electron chi connectivity index (χ3n) is 4.36. The molecule has 3 rings (SSSR count). The lowest BCUT2D eigenvalue weighted by Gasteiger charge is -2.26. The van der Waals surface area contributed by atoms with E-state index in [0.29, 0.717) is 12.3 Å². The molecular weight excluding hydrogens is 202 g/mol. The molecule has 4 nitrogen and oxygen atoms in total. The fraction of sp³-hybridized carbons (Fsp3) is 0.833. The smallest absolute Gasteiger partial charge is 0.0852 e. The maximum absolute atomic E-state index is 10.3. The molecule has 0 radical (unpaired) electrons. The third-order valence-corrected chi connectivity index (χ3v) is 4.36. The van der Waals surface area contributed by atoms with Crippen molar-refractivity contribution in [2.24, 2.45) is 24.8 Å². The van der Waals surface area contributed by atoms with E-state index in [0.717, 1.165) is 17.5 Å². The van der Waals surface area contributed by atoms with Crippen LogP contribution in [0.2, 0.25) is 0 Å². The van der Waals surface area contributed by atoms with E-state index >= 15 is 0 Å². The van der Waals surface area contributed by atoms with Crippen LogP contribution in [0, 0.1) is 17.8 Å². The minimum absolute atomic E-state index is 0.216. The summed E-state index contributed by atoms with van der Waals surface area (Å²) in [7, 11) is 1.86. The van der Waals surface area contributed by atoms with Crippen molar-refractivity contribution in [1.29, 1.82) is 0 Å². The summed E-state index contributed by atoms with van der Waals surface area (Å²) < 4.78 is 1.70. The molecule has 0 saturated heterocycles. The van der Waals surface area contributed by atoms with Crippen LogP contribution in [-0.4, -0.2) is 26.2 Å². The van der Waals surface area contributed by atoms with Crippen molar-refractivity contribution in [1.82, 2.24) is 15.0 Å². The Balaban J connectivity index is 1.63. The average molecular weight is 221 g/mol. The first-order valence-corrected chi connectivity index (χ1v) is 6.25. The second-order valence-electron chi connectivity index (χ2n) is 5.49. The van der Waals surface area contributed by atoms with Crippen molar-refractivity contribution in [3.63, 3.8) is 0 Å². The highest BCUT2D eigenvalue weighted by Gasteiger charge is 2.42. The Labute approximate surface area is 95.7 Å². The third kappa shape index (κ3) is 1.75. The predicted octanol–water partition coefficient (Wildman–Crippen LogP) is 1.15. The van der Waals surface area contributed by atoms with Crippen molar-refractivity contribution < 1.29 is 5.11 Å². The van der Waals surface area contributed by atoms with Crippen LogP contribution < -0.4 is 0 Å². The Bertz CT molecular complexity index is 376. The largest absolute Gasteiger partial charge is 0.392 e. The van der Waals surface area contributed by atoms with Crippen LogP contribution in [0.25, 0.3) is 0 Å². The predicted molar refractivity (Wildman–Crippen MR) is 59.7 cm³/mol. The fourth-order valence-electron chi connectivity index (χ4n) is 3.62. The molecule has 1 aromatic rings. The SMILES string of the molecule is Cn1cc(CC(O)C2CC3CCC2C3)nn1. The zero-order valence-electron chi connectivity index (χ0n) is 9.71. The number of hydrogen-bond acceptors (Lipinski definition) is 3. The van der Waals surface area contributed by atoms with E-state index in [-0.39, 0.29) is 6.10 Å². The zero-order valence-corrected chi connectivity index (χ0v) is 9.71. The van der Waals surface area contributed by atoms with Gasteiger partial charge < -0.3 is 5.11 Å². The van der Waals surface area contributed by atoms with Crippen molar-refractivity contribution in [3.05, 3.63) is 11.9 Å². The first-order valence-electron chi connectivity index (χ1n) is 6.25. The summed E-state index contributed by atoms with van der Waals surface area (Å²) in [6.07, 6.45) is 7.64. The van der Waals surface area contributed by atoms with Gasteiger partial charge in [0.25, 0.3) is 0 Å². The molecule has 1 aromatic heterocycles. The fourth-order valence-corrected chi connectivity index (χ4v) is 3.62. The van der Waals surface area contributed by atoms with E-state index in [1.165, 1.54) is 25.7 Å². The highest BCUT2D eigenvalue weighted by molar-refractivity contribution is 4.99. The molecular formula is C12H19N3O. The summed E-state index contributed by atoms with van der Waals surface area (Å²) in [6, 6.07) is 0. The second-order valence-corrected chi connectivity index (χ2v) is 5.49. The highest BCUT2D eigenvalue weighted by Crippen LogP contribution is 2.49. The Morgan fingerprint density at radius 3 is 2.94 bits per heavy atom. The first-order chi connectivity index (χ1) is 7.72. The molecule has 0 aromatic carbocycles. The standard InChI is InChI=1S/C12H19N3O/c1-15-7-10(13-14-15)6-12(16)11-5-8-2-3-9(11)4-8/h7-9,11-12,16H,2-6H2,1H3. The van der Waals surface area contributed by atoms with Gasteiger partial charge in [-0.2, -0.15) is 0 Å². The van der Waals surface area contributed by atoms with Gasteiger partial charge in [-0.1, -0.05) is 11.6 Å². The molecule has 88 valence electrons. The molecule has 4 atom stereocenters. The van der Waals surface area contributed by atoms with Gasteiger partial charge in [0.15, 0.2) is 0 Å². The number of fused-ring (bicyclic) bond motifs is 2. The van der Waals surface area contributed by atoms with Crippen molar-refractivity contribution in [2.75, 3.05) is 0 Å². The topological polar surface area (TPSA) is 50.9 Å². The van der Waals surface area contributed by atoms with Crippen LogP contribution in [0.4, 0.5) is 0 Å². The summed E-state index contributed by atoms with van der Waals surface area (Å²) in [5.74, 6) is 2.18. The van der Waals surface area contributed by atoms with Crippen LogP contribution in [-0.2, 0) is 13.5 Å². The van der Waals surface area contributed by atoms with Gasteiger partial charge in [-0.15, -0.1) is 5.10 Å². The van der Waals surface area contributed by atoms with Crippen LogP contribution >= 0.6 is 0 Å². The van der Waals surface area contributed by atoms with Crippen LogP contribution in [0.1, 0.15) is 31.4 Å². The summed E-state index contributed by atoms with van der Waals surface area (Å²) in [5.41, 5.74) is 0.915. The molecule has 2 fully saturated rings. The normalized spacial score (nSPS) is 34.5. The van der Waals surface area contributed by atoms with E-state index < -0.39 is 0 Å². The number of nitrogens with zero attached hydrogens (tertiary/aromatic N) is 3. The van der Waals surface area contributed by atoms with E-state index in [1.807, 2.05) is 13.2 Å². The van der Waals surface area contributed by atoms with Crippen molar-refractivity contribution in [2.45, 2.75) is 38.2 Å². The van der Waals surface area contributed by atoms with E-state index in [1.54, 1.807) is 4.68 Å². The average Bonchev–Trinajstić information content (AvgIpc) is 2.93. The quantitative estimate of drug-likeness (QED) is 0.833. The van der Waals surface area contributed by atoms with Gasteiger partial charge in [0.05, 0.1) is 11.8 Å². The molecule has 2 aliphatic rings. The van der Waals surface area contributed by atoms with Crippen LogP contribution in [0.5, 0.6) is 0 Å². The lowest BCUT2D eigenvalue weighted by Crippen LogP contribution is -2.27. The van der Waals surface area contributed by atoms with E-state index in [4.69, 9.17) is 0 Å². The number of rotatable bonds is 3. The van der Waals surface area contributed by atoms with Gasteiger partial charge in [-0.25, -0.2) is 0 Å². The Kier molecular flexibility index (Phi) is 2.46. The molecule has 16 heavy (non-hydrogen) atoms. The van der Waals surface area contributed by atoms with E-state index in [2.05, 4.69) is 10.3 Å². The molecule has 2 saturated carbocycles. The summed E-state index contributed by atoms with van der Waals surface area (Å²) in [6.45, 7) is 0. The summed E-state index contributed by atoms with van der Waals surface area (Å²) in [5, 5.41) is 18.2. The van der Waals surface area contributed by atoms with Crippen molar-refractivity contribution >= 4 is 0 Å². The monoisotopic (exact) mass is 221 g/mol. The summed E-state index contributed by atoms with van der Waals surface area (Å²) >= 11 is 0. The van der Waals surface area contributed by atoms with Gasteiger partial charge in [0.2, 0.25) is 0 Å². The molecule has 0 spiro atoms. The summed E-state index contributed by atoms with van der Waals surface area (Å²) in [4.78, 5) is 0. The highest BCUT2D eigenvalue weighted by atomic mass is 16.3. The van der Waals surface area contributed by atoms with Gasteiger partial charge in [0.1, 0.15) is 0 Å². The van der Waals surface area contributed by atoms with Gasteiger partial charge in [-0.05, 0) is 37.0 Å². The number of aliphatic hydroxyl groups is 1. The molecule has 1 heterocycles. The number of aromatic nitrogens is 3. The van der Waals surface area contributed by atoms with Crippen molar-refractivity contribution in [3.8, 4) is 0 Å². The minimum atomic E-state index is -0.216. The number of aliphatic hydroxyl groups excluding tert-OH is 1. The number of hydrogen-bond donors (Lipinski definition) is 1. The number of aryl methyl sites for hydroxylation is 1. The molecule has 4 heteroatoms.